The molecule has 2 N–H and O–H groups in total. The number of halogens is 2. The highest BCUT2D eigenvalue weighted by molar-refractivity contribution is 5.24. The van der Waals surface area contributed by atoms with Gasteiger partial charge >= 0.3 is 0 Å². The average molecular weight is 428 g/mol. The zero-order chi connectivity index (χ0) is 22.0. The Bertz CT molecular complexity index is 695. The fraction of sp³-hybridized carbons (Fsp3) is 0.739. The van der Waals surface area contributed by atoms with E-state index >= 15 is 0 Å². The van der Waals surface area contributed by atoms with Gasteiger partial charge in [0, 0.05) is 37.8 Å². The minimum absolute atomic E-state index is 0.0239. The first-order valence-electron chi connectivity index (χ1n) is 10.8. The molecule has 0 amide bonds. The van der Waals surface area contributed by atoms with Crippen molar-refractivity contribution in [3.63, 3.8) is 0 Å². The predicted molar refractivity (Wildman–Crippen MR) is 110 cm³/mol. The molecule has 0 aromatic heterocycles. The molecule has 0 radical (unpaired) electrons. The van der Waals surface area contributed by atoms with Crippen LogP contribution in [0.4, 0.5) is 8.78 Å². The van der Waals surface area contributed by atoms with Gasteiger partial charge in [0.05, 0.1) is 18.8 Å². The summed E-state index contributed by atoms with van der Waals surface area (Å²) >= 11 is 0. The number of nitrogens with zero attached hydrogens (tertiary/aromatic N) is 1. The van der Waals surface area contributed by atoms with Crippen LogP contribution in [0.1, 0.15) is 46.5 Å². The van der Waals surface area contributed by atoms with E-state index in [1.165, 1.54) is 0 Å². The van der Waals surface area contributed by atoms with E-state index in [4.69, 9.17) is 9.47 Å². The van der Waals surface area contributed by atoms with Crippen molar-refractivity contribution in [3.8, 4) is 5.75 Å². The van der Waals surface area contributed by atoms with Crippen LogP contribution in [0, 0.1) is 23.0 Å². The Morgan fingerprint density at radius 1 is 1.10 bits per heavy atom. The van der Waals surface area contributed by atoms with Gasteiger partial charge in [-0.2, -0.15) is 0 Å². The first-order valence-corrected chi connectivity index (χ1v) is 10.8. The van der Waals surface area contributed by atoms with E-state index in [2.05, 4.69) is 20.8 Å². The first-order chi connectivity index (χ1) is 14.0. The Morgan fingerprint density at radius 3 is 2.33 bits per heavy atom. The Hall–Kier alpha value is -1.28. The molecule has 5 nitrogen and oxygen atoms in total. The van der Waals surface area contributed by atoms with Crippen LogP contribution in [0.2, 0.25) is 0 Å². The van der Waals surface area contributed by atoms with Gasteiger partial charge in [0.25, 0.3) is 0 Å². The minimum atomic E-state index is -1.34. The van der Waals surface area contributed by atoms with Gasteiger partial charge in [0.15, 0.2) is 0 Å². The number of ether oxygens (including phenoxy) is 2. The molecule has 0 unspecified atom stereocenters. The third-order valence-electron chi connectivity index (χ3n) is 6.44. The van der Waals surface area contributed by atoms with Crippen LogP contribution in [0.5, 0.6) is 5.75 Å². The maximum atomic E-state index is 13.4. The lowest BCUT2D eigenvalue weighted by Gasteiger charge is -2.43. The van der Waals surface area contributed by atoms with E-state index in [1.54, 1.807) is 0 Å². The Labute approximate surface area is 178 Å². The first kappa shape index (κ1) is 23.4. The third-order valence-corrected chi connectivity index (χ3v) is 6.44. The molecule has 1 aliphatic heterocycles. The fourth-order valence-corrected chi connectivity index (χ4v) is 4.64. The van der Waals surface area contributed by atoms with Crippen molar-refractivity contribution in [1.29, 1.82) is 0 Å². The maximum absolute atomic E-state index is 13.4. The van der Waals surface area contributed by atoms with Crippen molar-refractivity contribution in [1.82, 2.24) is 4.90 Å². The number of hydrogen-bond donors (Lipinski definition) is 2. The highest BCUT2D eigenvalue weighted by Gasteiger charge is 2.41. The van der Waals surface area contributed by atoms with Gasteiger partial charge in [-0.3, -0.25) is 4.90 Å². The summed E-state index contributed by atoms with van der Waals surface area (Å²) in [5.41, 5.74) is -1.87. The molecule has 30 heavy (non-hydrogen) atoms. The number of β-amino-alcohol motifs (C(OH)–C–C–N with tert-alkyl or cyclic N) is 2. The molecule has 170 valence electrons. The highest BCUT2D eigenvalue weighted by Crippen LogP contribution is 2.41. The third kappa shape index (κ3) is 6.36. The van der Waals surface area contributed by atoms with Crippen molar-refractivity contribution in [3.05, 3.63) is 29.8 Å². The zero-order valence-corrected chi connectivity index (χ0v) is 18.3. The van der Waals surface area contributed by atoms with Crippen LogP contribution >= 0.6 is 0 Å². The second-order valence-electron chi connectivity index (χ2n) is 10.2. The SMILES string of the molecule is CC(C)(C)C1CCC(O)(CN2CCOC[C@](O)(COc3cc(F)cc(F)c3)C2)CC1. The van der Waals surface area contributed by atoms with Crippen LogP contribution in [-0.4, -0.2) is 65.8 Å². The largest absolute Gasteiger partial charge is 0.490 e. The van der Waals surface area contributed by atoms with Crippen LogP contribution in [0.3, 0.4) is 0 Å². The maximum Gasteiger partial charge on any atom is 0.134 e. The number of aliphatic hydroxyl groups is 2. The molecule has 1 heterocycles. The molecule has 1 aliphatic carbocycles. The standard InChI is InChI=1S/C23H35F2NO4/c1-21(2,3)17-4-6-22(27,7-5-17)13-26-8-9-29-15-23(28,14-26)16-30-20-11-18(24)10-19(25)12-20/h10-12,17,27-28H,4-9,13-16H2,1-3H3/t17?,22?,23-/m0/s1. The smallest absolute Gasteiger partial charge is 0.134 e. The summed E-state index contributed by atoms with van der Waals surface area (Å²) in [6.07, 6.45) is 3.46. The molecule has 1 saturated carbocycles. The molecule has 1 saturated heterocycles. The lowest BCUT2D eigenvalue weighted by molar-refractivity contribution is -0.0808. The van der Waals surface area contributed by atoms with Gasteiger partial charge < -0.3 is 19.7 Å². The second kappa shape index (κ2) is 9.07. The normalized spacial score (nSPS) is 31.4. The lowest BCUT2D eigenvalue weighted by Crippen LogP contribution is -2.53. The molecular formula is C23H35F2NO4. The molecule has 2 aliphatic rings. The van der Waals surface area contributed by atoms with Crippen molar-refractivity contribution in [2.45, 2.75) is 57.7 Å². The number of rotatable bonds is 5. The molecule has 0 bridgehead atoms. The van der Waals surface area contributed by atoms with Crippen LogP contribution in [-0.2, 0) is 4.74 Å². The van der Waals surface area contributed by atoms with E-state index in [0.29, 0.717) is 25.6 Å². The Morgan fingerprint density at radius 2 is 1.73 bits per heavy atom. The molecule has 0 spiro atoms. The fourth-order valence-electron chi connectivity index (χ4n) is 4.64. The van der Waals surface area contributed by atoms with Gasteiger partial charge in [0.2, 0.25) is 0 Å². The van der Waals surface area contributed by atoms with E-state index in [1.807, 2.05) is 4.90 Å². The quantitative estimate of drug-likeness (QED) is 0.755. The van der Waals surface area contributed by atoms with E-state index in [-0.39, 0.29) is 30.9 Å². The zero-order valence-electron chi connectivity index (χ0n) is 18.3. The van der Waals surface area contributed by atoms with Crippen LogP contribution in [0.15, 0.2) is 18.2 Å². The van der Waals surface area contributed by atoms with E-state index in [9.17, 15) is 19.0 Å². The van der Waals surface area contributed by atoms with Gasteiger partial charge in [0.1, 0.15) is 29.6 Å². The summed E-state index contributed by atoms with van der Waals surface area (Å²) in [5.74, 6) is -0.842. The monoisotopic (exact) mass is 427 g/mol. The van der Waals surface area contributed by atoms with Crippen LogP contribution in [0.25, 0.3) is 0 Å². The summed E-state index contributed by atoms with van der Waals surface area (Å²) in [7, 11) is 0. The minimum Gasteiger partial charge on any atom is -0.490 e. The summed E-state index contributed by atoms with van der Waals surface area (Å²) < 4.78 is 37.8. The van der Waals surface area contributed by atoms with E-state index < -0.39 is 22.8 Å². The molecule has 1 atom stereocenters. The van der Waals surface area contributed by atoms with E-state index in [0.717, 1.165) is 43.9 Å². The van der Waals surface area contributed by atoms with Gasteiger partial charge in [-0.05, 0) is 37.0 Å². The molecule has 7 heteroatoms. The van der Waals surface area contributed by atoms with Gasteiger partial charge in [-0.1, -0.05) is 20.8 Å². The Kier molecular flexibility index (Phi) is 7.07. The lowest BCUT2D eigenvalue weighted by atomic mass is 9.68. The van der Waals surface area contributed by atoms with Crippen molar-refractivity contribution >= 4 is 0 Å². The van der Waals surface area contributed by atoms with Crippen molar-refractivity contribution < 1.29 is 28.5 Å². The summed E-state index contributed by atoms with van der Waals surface area (Å²) in [5, 5.41) is 22.2. The average Bonchev–Trinajstić information content (AvgIpc) is 2.80. The summed E-state index contributed by atoms with van der Waals surface area (Å²) in [6, 6.07) is 2.93. The number of benzene rings is 1. The Balaban J connectivity index is 1.58. The molecule has 2 fully saturated rings. The van der Waals surface area contributed by atoms with Gasteiger partial charge in [-0.15, -0.1) is 0 Å². The topological polar surface area (TPSA) is 62.2 Å². The highest BCUT2D eigenvalue weighted by atomic mass is 19.1. The van der Waals surface area contributed by atoms with Crippen molar-refractivity contribution in [2.24, 2.45) is 11.3 Å². The molecule has 1 aromatic carbocycles. The molecule has 1 aromatic rings. The summed E-state index contributed by atoms with van der Waals surface area (Å²) in [6.45, 7) is 8.42. The molecule has 3 rings (SSSR count). The molecular weight excluding hydrogens is 392 g/mol. The summed E-state index contributed by atoms with van der Waals surface area (Å²) in [4.78, 5) is 2.01. The predicted octanol–water partition coefficient (Wildman–Crippen LogP) is 3.37. The second-order valence-corrected chi connectivity index (χ2v) is 10.2. The van der Waals surface area contributed by atoms with Gasteiger partial charge in [-0.25, -0.2) is 8.78 Å². The van der Waals surface area contributed by atoms with Crippen molar-refractivity contribution in [2.75, 3.05) is 39.5 Å². The van der Waals surface area contributed by atoms with Crippen LogP contribution < -0.4 is 4.74 Å². The number of hydrogen-bond acceptors (Lipinski definition) is 5.